The van der Waals surface area contributed by atoms with Crippen LogP contribution in [0.4, 0.5) is 0 Å². The van der Waals surface area contributed by atoms with Gasteiger partial charge in [0, 0.05) is 6.42 Å². The molecule has 0 bridgehead atoms. The summed E-state index contributed by atoms with van der Waals surface area (Å²) in [4.78, 5) is 16.6. The van der Waals surface area contributed by atoms with Crippen LogP contribution in [0.1, 0.15) is 5.56 Å². The van der Waals surface area contributed by atoms with Crippen LogP contribution in [0.3, 0.4) is 0 Å². The lowest BCUT2D eigenvalue weighted by atomic mass is 10.1. The monoisotopic (exact) mass is 279 g/mol. The molecular weight excluding hydrogens is 266 g/mol. The maximum Gasteiger partial charge on any atom is 0.280 e. The van der Waals surface area contributed by atoms with Gasteiger partial charge >= 0.3 is 0 Å². The Bertz CT molecular complexity index is 800. The second kappa shape index (κ2) is 4.63. The summed E-state index contributed by atoms with van der Waals surface area (Å²) in [5.41, 5.74) is 5.60. The van der Waals surface area contributed by atoms with E-state index in [-0.39, 0.29) is 5.91 Å². The minimum atomic E-state index is -0.497. The molecule has 21 heavy (non-hydrogen) atoms. The molecule has 0 saturated heterocycles. The van der Waals surface area contributed by atoms with E-state index < -0.39 is 6.10 Å². The number of rotatable bonds is 2. The number of carbonyl (C=O) groups excluding carboxylic acids is 1. The van der Waals surface area contributed by atoms with Crippen LogP contribution in [0.2, 0.25) is 0 Å². The smallest absolute Gasteiger partial charge is 0.280 e. The molecule has 104 valence electrons. The lowest BCUT2D eigenvalue weighted by Crippen LogP contribution is -2.35. The quantitative estimate of drug-likeness (QED) is 0.781. The zero-order valence-corrected chi connectivity index (χ0v) is 11.2. The topological polar surface area (TPSA) is 56.2 Å². The van der Waals surface area contributed by atoms with E-state index in [9.17, 15) is 4.79 Å². The standard InChI is InChI=1S/C16H13N3O2/c20-16(15-9-11-5-1-4-8-14(11)21-15)18-19-10-17-12-6-2-3-7-13(12)19/h1-8,10,15H,9H2,(H,18,20). The molecule has 1 N–H and O–H groups in total. The van der Waals surface area contributed by atoms with Crippen LogP contribution in [0.15, 0.2) is 54.9 Å². The summed E-state index contributed by atoms with van der Waals surface area (Å²) in [7, 11) is 0. The number of aromatic nitrogens is 2. The Labute approximate surface area is 121 Å². The summed E-state index contributed by atoms with van der Waals surface area (Å²) in [5, 5.41) is 0. The third-order valence-electron chi connectivity index (χ3n) is 3.62. The van der Waals surface area contributed by atoms with Crippen molar-refractivity contribution in [3.05, 3.63) is 60.4 Å². The van der Waals surface area contributed by atoms with Crippen LogP contribution in [-0.2, 0) is 11.2 Å². The average molecular weight is 279 g/mol. The van der Waals surface area contributed by atoms with E-state index in [1.807, 2.05) is 48.5 Å². The summed E-state index contributed by atoms with van der Waals surface area (Å²) in [6, 6.07) is 15.4. The van der Waals surface area contributed by atoms with E-state index in [1.165, 1.54) is 0 Å². The number of fused-ring (bicyclic) bond motifs is 2. The minimum absolute atomic E-state index is 0.172. The third-order valence-corrected chi connectivity index (χ3v) is 3.62. The number of hydrogen-bond acceptors (Lipinski definition) is 3. The van der Waals surface area contributed by atoms with Crippen molar-refractivity contribution in [3.8, 4) is 5.75 Å². The highest BCUT2D eigenvalue weighted by atomic mass is 16.5. The molecular formula is C16H13N3O2. The summed E-state index contributed by atoms with van der Waals surface area (Å²) in [6.07, 6.45) is 1.70. The summed E-state index contributed by atoms with van der Waals surface area (Å²) in [5.74, 6) is 0.613. The van der Waals surface area contributed by atoms with Crippen molar-refractivity contribution in [1.29, 1.82) is 0 Å². The predicted octanol–water partition coefficient (Wildman–Crippen LogP) is 2.11. The van der Waals surface area contributed by atoms with Crippen molar-refractivity contribution in [2.45, 2.75) is 12.5 Å². The fraction of sp³-hybridized carbons (Fsp3) is 0.125. The Morgan fingerprint density at radius 2 is 2.00 bits per heavy atom. The average Bonchev–Trinajstić information content (AvgIpc) is 3.11. The first kappa shape index (κ1) is 12.0. The van der Waals surface area contributed by atoms with Gasteiger partial charge in [0.05, 0.1) is 11.0 Å². The van der Waals surface area contributed by atoms with Crippen molar-refractivity contribution in [2.24, 2.45) is 0 Å². The molecule has 1 aliphatic rings. The van der Waals surface area contributed by atoms with Crippen LogP contribution in [0, 0.1) is 0 Å². The molecule has 2 heterocycles. The van der Waals surface area contributed by atoms with Gasteiger partial charge in [-0.25, -0.2) is 9.66 Å². The van der Waals surface area contributed by atoms with E-state index in [0.717, 1.165) is 22.3 Å². The van der Waals surface area contributed by atoms with E-state index in [2.05, 4.69) is 10.4 Å². The van der Waals surface area contributed by atoms with E-state index >= 15 is 0 Å². The molecule has 1 unspecified atom stereocenters. The zero-order chi connectivity index (χ0) is 14.2. The second-order valence-electron chi connectivity index (χ2n) is 5.00. The van der Waals surface area contributed by atoms with E-state index in [0.29, 0.717) is 6.42 Å². The number of ether oxygens (including phenoxy) is 1. The van der Waals surface area contributed by atoms with Crippen LogP contribution in [-0.4, -0.2) is 21.7 Å². The fourth-order valence-electron chi connectivity index (χ4n) is 2.57. The normalized spacial score (nSPS) is 16.5. The van der Waals surface area contributed by atoms with Gasteiger partial charge in [-0.05, 0) is 23.8 Å². The minimum Gasteiger partial charge on any atom is -0.480 e. The second-order valence-corrected chi connectivity index (χ2v) is 5.00. The number of benzene rings is 2. The largest absolute Gasteiger partial charge is 0.480 e. The lowest BCUT2D eigenvalue weighted by Gasteiger charge is -2.12. The van der Waals surface area contributed by atoms with Gasteiger partial charge in [-0.1, -0.05) is 30.3 Å². The molecule has 0 fully saturated rings. The maximum atomic E-state index is 12.3. The van der Waals surface area contributed by atoms with Gasteiger partial charge in [0.1, 0.15) is 12.1 Å². The van der Waals surface area contributed by atoms with Crippen LogP contribution >= 0.6 is 0 Å². The van der Waals surface area contributed by atoms with Crippen molar-refractivity contribution in [3.63, 3.8) is 0 Å². The van der Waals surface area contributed by atoms with Gasteiger partial charge in [0.2, 0.25) is 0 Å². The zero-order valence-electron chi connectivity index (χ0n) is 11.2. The first-order valence-corrected chi connectivity index (χ1v) is 6.79. The van der Waals surface area contributed by atoms with Gasteiger partial charge in [-0.3, -0.25) is 10.2 Å². The molecule has 1 atom stereocenters. The fourth-order valence-corrected chi connectivity index (χ4v) is 2.57. The van der Waals surface area contributed by atoms with E-state index in [1.54, 1.807) is 11.0 Å². The van der Waals surface area contributed by atoms with Crippen LogP contribution in [0.5, 0.6) is 5.75 Å². The predicted molar refractivity (Wildman–Crippen MR) is 78.7 cm³/mol. The Balaban J connectivity index is 1.55. The summed E-state index contributed by atoms with van der Waals surface area (Å²) >= 11 is 0. The first-order valence-electron chi connectivity index (χ1n) is 6.79. The number of imidazole rings is 1. The molecule has 1 amide bonds. The molecule has 0 aliphatic carbocycles. The number of amides is 1. The highest BCUT2D eigenvalue weighted by Gasteiger charge is 2.29. The van der Waals surface area contributed by atoms with Gasteiger partial charge in [0.15, 0.2) is 6.10 Å². The van der Waals surface area contributed by atoms with Gasteiger partial charge in [0.25, 0.3) is 5.91 Å². The molecule has 3 aromatic rings. The Kier molecular flexibility index (Phi) is 2.64. The number of carbonyl (C=O) groups is 1. The number of para-hydroxylation sites is 3. The van der Waals surface area contributed by atoms with Gasteiger partial charge in [-0.2, -0.15) is 0 Å². The van der Waals surface area contributed by atoms with E-state index in [4.69, 9.17) is 4.74 Å². The first-order chi connectivity index (χ1) is 10.3. The number of hydrogen-bond donors (Lipinski definition) is 1. The molecule has 5 heteroatoms. The van der Waals surface area contributed by atoms with Crippen molar-refractivity contribution in [2.75, 3.05) is 5.43 Å². The van der Waals surface area contributed by atoms with Gasteiger partial charge < -0.3 is 4.74 Å². The molecule has 4 rings (SSSR count). The third kappa shape index (κ3) is 2.03. The SMILES string of the molecule is O=C(Nn1cnc2ccccc21)C1Cc2ccccc2O1. The Morgan fingerprint density at radius 1 is 1.19 bits per heavy atom. The highest BCUT2D eigenvalue weighted by molar-refractivity contribution is 5.91. The van der Waals surface area contributed by atoms with Gasteiger partial charge in [-0.15, -0.1) is 0 Å². The highest BCUT2D eigenvalue weighted by Crippen LogP contribution is 2.28. The summed E-state index contributed by atoms with van der Waals surface area (Å²) in [6.45, 7) is 0. The molecule has 2 aromatic carbocycles. The van der Waals surface area contributed by atoms with Crippen LogP contribution in [0.25, 0.3) is 11.0 Å². The molecule has 1 aromatic heterocycles. The van der Waals surface area contributed by atoms with Crippen LogP contribution < -0.4 is 10.2 Å². The van der Waals surface area contributed by atoms with Crippen molar-refractivity contribution >= 4 is 16.9 Å². The summed E-state index contributed by atoms with van der Waals surface area (Å²) < 4.78 is 7.31. The molecule has 1 aliphatic heterocycles. The maximum absolute atomic E-state index is 12.3. The molecule has 0 spiro atoms. The Hall–Kier alpha value is -2.82. The lowest BCUT2D eigenvalue weighted by molar-refractivity contribution is -0.122. The molecule has 0 saturated carbocycles. The van der Waals surface area contributed by atoms with Crippen molar-refractivity contribution < 1.29 is 9.53 Å². The molecule has 5 nitrogen and oxygen atoms in total. The Morgan fingerprint density at radius 3 is 2.90 bits per heavy atom. The molecule has 0 radical (unpaired) electrons. The number of nitrogens with zero attached hydrogens (tertiary/aromatic N) is 2. The van der Waals surface area contributed by atoms with Crippen molar-refractivity contribution in [1.82, 2.24) is 9.66 Å². The number of nitrogens with one attached hydrogen (secondary N) is 1.